The standard InChI is InChI=1S/C25H29N3O2/c26-25(29)21-11-14-24(27-16-21)30-23-12-9-19(10-13-23)17-28-15-5-4-8-22(18-28)20-6-2-1-3-7-20/h1-3,6-7,9-14,21-22H,4-5,8,15-18H2,(H2,26,29). The zero-order valence-corrected chi connectivity index (χ0v) is 17.2. The zero-order valence-electron chi connectivity index (χ0n) is 17.2. The summed E-state index contributed by atoms with van der Waals surface area (Å²) in [5.41, 5.74) is 8.04. The van der Waals surface area contributed by atoms with E-state index in [1.807, 2.05) is 12.1 Å². The first-order valence-electron chi connectivity index (χ1n) is 10.7. The molecule has 2 aromatic rings. The van der Waals surface area contributed by atoms with Gasteiger partial charge in [-0.3, -0.25) is 14.7 Å². The van der Waals surface area contributed by atoms with Crippen molar-refractivity contribution in [1.82, 2.24) is 4.90 Å². The van der Waals surface area contributed by atoms with Gasteiger partial charge >= 0.3 is 0 Å². The number of rotatable bonds is 5. The third-order valence-corrected chi connectivity index (χ3v) is 5.86. The summed E-state index contributed by atoms with van der Waals surface area (Å²) in [5.74, 6) is 1.17. The molecule has 5 nitrogen and oxygen atoms in total. The molecule has 0 spiro atoms. The Morgan fingerprint density at radius 1 is 1.10 bits per heavy atom. The second kappa shape index (κ2) is 9.72. The lowest BCUT2D eigenvalue weighted by molar-refractivity contribution is -0.120. The van der Waals surface area contributed by atoms with Gasteiger partial charge in [-0.1, -0.05) is 55.0 Å². The van der Waals surface area contributed by atoms with E-state index in [2.05, 4.69) is 52.4 Å². The van der Waals surface area contributed by atoms with Crippen LogP contribution >= 0.6 is 0 Å². The molecule has 2 N–H and O–H groups in total. The van der Waals surface area contributed by atoms with E-state index < -0.39 is 0 Å². The highest BCUT2D eigenvalue weighted by Crippen LogP contribution is 2.27. The summed E-state index contributed by atoms with van der Waals surface area (Å²) >= 11 is 0. The highest BCUT2D eigenvalue weighted by Gasteiger charge is 2.20. The number of primary amides is 1. The van der Waals surface area contributed by atoms with Crippen molar-refractivity contribution in [3.8, 4) is 5.75 Å². The van der Waals surface area contributed by atoms with Crippen LogP contribution in [0.2, 0.25) is 0 Å². The Morgan fingerprint density at radius 3 is 2.60 bits per heavy atom. The van der Waals surface area contributed by atoms with Crippen molar-refractivity contribution in [2.45, 2.75) is 31.7 Å². The number of hydrogen-bond donors (Lipinski definition) is 1. The lowest BCUT2D eigenvalue weighted by Crippen LogP contribution is -2.27. The number of nitrogens with two attached hydrogens (primary N) is 1. The van der Waals surface area contributed by atoms with Crippen LogP contribution in [-0.4, -0.2) is 36.3 Å². The molecule has 156 valence electrons. The summed E-state index contributed by atoms with van der Waals surface area (Å²) in [7, 11) is 0. The Morgan fingerprint density at radius 2 is 1.90 bits per heavy atom. The largest absolute Gasteiger partial charge is 0.439 e. The van der Waals surface area contributed by atoms with E-state index >= 15 is 0 Å². The van der Waals surface area contributed by atoms with Crippen molar-refractivity contribution in [3.63, 3.8) is 0 Å². The van der Waals surface area contributed by atoms with Crippen LogP contribution in [0.3, 0.4) is 0 Å². The number of likely N-dealkylation sites (tertiary alicyclic amines) is 1. The van der Waals surface area contributed by atoms with Crippen molar-refractivity contribution in [1.29, 1.82) is 0 Å². The van der Waals surface area contributed by atoms with Crippen molar-refractivity contribution < 1.29 is 9.53 Å². The molecule has 1 fully saturated rings. The zero-order chi connectivity index (χ0) is 20.8. The van der Waals surface area contributed by atoms with E-state index in [1.54, 1.807) is 12.2 Å². The number of dihydropyridines is 1. The first-order chi connectivity index (χ1) is 14.7. The number of carbonyl (C=O) groups is 1. The van der Waals surface area contributed by atoms with Crippen LogP contribution < -0.4 is 10.5 Å². The van der Waals surface area contributed by atoms with Crippen molar-refractivity contribution >= 4 is 11.8 Å². The Bertz CT molecular complexity index is 906. The van der Waals surface area contributed by atoms with Crippen molar-refractivity contribution in [2.75, 3.05) is 19.6 Å². The summed E-state index contributed by atoms with van der Waals surface area (Å²) in [5, 5.41) is 0. The molecule has 2 aromatic carbocycles. The Balaban J connectivity index is 1.34. The average molecular weight is 404 g/mol. The Kier molecular flexibility index (Phi) is 6.60. The number of benzene rings is 2. The van der Waals surface area contributed by atoms with Gasteiger partial charge in [-0.15, -0.1) is 0 Å². The number of ether oxygens (including phenoxy) is 1. The van der Waals surface area contributed by atoms with Crippen LogP contribution in [0.15, 0.2) is 71.7 Å². The highest BCUT2D eigenvalue weighted by atomic mass is 16.5. The number of hydrogen-bond acceptors (Lipinski definition) is 4. The molecule has 0 radical (unpaired) electrons. The fourth-order valence-electron chi connectivity index (χ4n) is 4.15. The molecule has 2 atom stereocenters. The molecule has 0 saturated carbocycles. The van der Waals surface area contributed by atoms with Gasteiger partial charge in [-0.05, 0) is 54.6 Å². The molecular weight excluding hydrogens is 374 g/mol. The number of amides is 1. The summed E-state index contributed by atoms with van der Waals surface area (Å²) in [4.78, 5) is 18.1. The molecule has 4 rings (SSSR count). The fraction of sp³-hybridized carbons (Fsp3) is 0.360. The predicted molar refractivity (Wildman–Crippen MR) is 120 cm³/mol. The van der Waals surface area contributed by atoms with E-state index in [4.69, 9.17) is 10.5 Å². The summed E-state index contributed by atoms with van der Waals surface area (Å²) in [6, 6.07) is 19.1. The first kappa shape index (κ1) is 20.4. The smallest absolute Gasteiger partial charge is 0.226 e. The van der Waals surface area contributed by atoms with Gasteiger partial charge in [0.1, 0.15) is 5.75 Å². The van der Waals surface area contributed by atoms with E-state index in [-0.39, 0.29) is 11.8 Å². The molecule has 0 aliphatic carbocycles. The van der Waals surface area contributed by atoms with Crippen LogP contribution in [0.25, 0.3) is 0 Å². The third-order valence-electron chi connectivity index (χ3n) is 5.86. The van der Waals surface area contributed by atoms with Gasteiger partial charge in [-0.25, -0.2) is 0 Å². The van der Waals surface area contributed by atoms with E-state index in [9.17, 15) is 4.79 Å². The quantitative estimate of drug-likeness (QED) is 0.823. The Labute approximate surface area is 178 Å². The first-order valence-corrected chi connectivity index (χ1v) is 10.7. The van der Waals surface area contributed by atoms with Crippen LogP contribution in [0.1, 0.15) is 36.3 Å². The fourth-order valence-corrected chi connectivity index (χ4v) is 4.15. The second-order valence-electron chi connectivity index (χ2n) is 8.13. The van der Waals surface area contributed by atoms with Crippen LogP contribution in [-0.2, 0) is 11.3 Å². The van der Waals surface area contributed by atoms with Gasteiger partial charge in [0.15, 0.2) is 0 Å². The molecule has 2 aliphatic rings. The molecule has 0 aromatic heterocycles. The topological polar surface area (TPSA) is 67.9 Å². The number of nitrogens with zero attached hydrogens (tertiary/aromatic N) is 2. The van der Waals surface area contributed by atoms with Gasteiger partial charge in [0.25, 0.3) is 0 Å². The second-order valence-corrected chi connectivity index (χ2v) is 8.13. The van der Waals surface area contributed by atoms with Crippen molar-refractivity contribution in [3.05, 3.63) is 77.9 Å². The molecule has 5 heteroatoms. The van der Waals surface area contributed by atoms with E-state index in [0.717, 1.165) is 25.4 Å². The molecule has 2 aliphatic heterocycles. The maximum Gasteiger partial charge on any atom is 0.226 e. The molecule has 30 heavy (non-hydrogen) atoms. The minimum Gasteiger partial charge on any atom is -0.439 e. The van der Waals surface area contributed by atoms with Crippen LogP contribution in [0.4, 0.5) is 0 Å². The van der Waals surface area contributed by atoms with Gasteiger partial charge in [0.05, 0.1) is 12.5 Å². The lowest BCUT2D eigenvalue weighted by atomic mass is 9.94. The summed E-state index contributed by atoms with van der Waals surface area (Å²) < 4.78 is 5.82. The number of aliphatic imine (C=N–C) groups is 1. The van der Waals surface area contributed by atoms with Gasteiger partial charge in [-0.2, -0.15) is 0 Å². The summed E-state index contributed by atoms with van der Waals surface area (Å²) in [6.07, 6.45) is 7.27. The predicted octanol–water partition coefficient (Wildman–Crippen LogP) is 3.90. The molecular formula is C25H29N3O2. The number of carbonyl (C=O) groups excluding carboxylic acids is 1. The minimum absolute atomic E-state index is 0.340. The molecule has 2 unspecified atom stereocenters. The SMILES string of the molecule is NC(=O)C1C=CC(Oc2ccc(CN3CCCCC(c4ccccc4)C3)cc2)=NC1. The third kappa shape index (κ3) is 5.36. The van der Waals surface area contributed by atoms with Crippen LogP contribution in [0, 0.1) is 5.92 Å². The highest BCUT2D eigenvalue weighted by molar-refractivity contribution is 5.92. The average Bonchev–Trinajstić information content (AvgIpc) is 3.02. The van der Waals surface area contributed by atoms with Gasteiger partial charge in [0, 0.05) is 13.1 Å². The van der Waals surface area contributed by atoms with E-state index in [1.165, 1.54) is 30.4 Å². The normalized spacial score (nSPS) is 22.2. The van der Waals surface area contributed by atoms with Crippen molar-refractivity contribution in [2.24, 2.45) is 16.6 Å². The molecule has 1 amide bonds. The summed E-state index contributed by atoms with van der Waals surface area (Å²) in [6.45, 7) is 3.54. The van der Waals surface area contributed by atoms with Gasteiger partial charge < -0.3 is 10.5 Å². The monoisotopic (exact) mass is 403 g/mol. The maximum atomic E-state index is 11.2. The molecule has 1 saturated heterocycles. The van der Waals surface area contributed by atoms with Crippen LogP contribution in [0.5, 0.6) is 5.75 Å². The minimum atomic E-state index is -0.360. The molecule has 0 bridgehead atoms. The van der Waals surface area contributed by atoms with E-state index in [0.29, 0.717) is 18.4 Å². The maximum absolute atomic E-state index is 11.2. The van der Waals surface area contributed by atoms with Gasteiger partial charge in [0.2, 0.25) is 11.8 Å². The Hall–Kier alpha value is -2.92. The lowest BCUT2D eigenvalue weighted by Gasteiger charge is -2.24. The molecule has 2 heterocycles.